The molecule has 0 aliphatic rings. The number of aromatic amines is 1. The largest absolute Gasteiger partial charge is 0.506 e. The van der Waals surface area contributed by atoms with Crippen LogP contribution in [-0.4, -0.2) is 14.9 Å². The van der Waals surface area contributed by atoms with Crippen molar-refractivity contribution in [3.8, 4) is 11.4 Å². The van der Waals surface area contributed by atoms with Crippen molar-refractivity contribution in [3.05, 3.63) is 57.9 Å². The summed E-state index contributed by atoms with van der Waals surface area (Å²) in [6.07, 6.45) is 0. The van der Waals surface area contributed by atoms with E-state index in [1.54, 1.807) is 12.1 Å². The first kappa shape index (κ1) is 14.4. The van der Waals surface area contributed by atoms with Gasteiger partial charge in [-0.3, -0.25) is 9.89 Å². The van der Waals surface area contributed by atoms with Gasteiger partial charge < -0.3 is 5.11 Å². The van der Waals surface area contributed by atoms with Gasteiger partial charge in [0.1, 0.15) is 11.4 Å². The minimum atomic E-state index is -0.153. The number of nitrogens with zero attached hydrogens (tertiary/aromatic N) is 1. The summed E-state index contributed by atoms with van der Waals surface area (Å²) in [6, 6.07) is 11.0. The van der Waals surface area contributed by atoms with Gasteiger partial charge >= 0.3 is 0 Å². The number of nitrogens with one attached hydrogen (secondary N) is 1. The van der Waals surface area contributed by atoms with Crippen LogP contribution in [0.4, 0.5) is 0 Å². The van der Waals surface area contributed by atoms with E-state index in [0.717, 1.165) is 16.6 Å². The number of aromatic nitrogens is 2. The summed E-state index contributed by atoms with van der Waals surface area (Å²) in [5.74, 6) is 0.0827. The van der Waals surface area contributed by atoms with E-state index in [2.05, 4.69) is 25.9 Å². The van der Waals surface area contributed by atoms with Crippen LogP contribution in [0.2, 0.25) is 0 Å². The fourth-order valence-corrected chi connectivity index (χ4v) is 2.62. The lowest BCUT2D eigenvalue weighted by Crippen LogP contribution is -2.17. The molecule has 0 spiro atoms. The van der Waals surface area contributed by atoms with Crippen molar-refractivity contribution in [2.45, 2.75) is 33.1 Å². The molecule has 0 saturated carbocycles. The second-order valence-electron chi connectivity index (χ2n) is 6.70. The molecule has 0 bridgehead atoms. The molecule has 0 aliphatic carbocycles. The quantitative estimate of drug-likeness (QED) is 0.720. The topological polar surface area (TPSA) is 58.0 Å². The summed E-state index contributed by atoms with van der Waals surface area (Å²) in [5, 5.41) is 13.9. The molecule has 114 valence electrons. The highest BCUT2D eigenvalue weighted by molar-refractivity contribution is 5.81. The van der Waals surface area contributed by atoms with Gasteiger partial charge in [-0.05, 0) is 41.7 Å². The Balaban J connectivity index is 2.30. The van der Waals surface area contributed by atoms with Crippen LogP contribution < -0.4 is 5.56 Å². The van der Waals surface area contributed by atoms with E-state index in [-0.39, 0.29) is 16.7 Å². The number of phenolic OH excluding ortho intramolecular Hbond substituents is 1. The minimum Gasteiger partial charge on any atom is -0.506 e. The average Bonchev–Trinajstić information content (AvgIpc) is 2.77. The van der Waals surface area contributed by atoms with Crippen molar-refractivity contribution in [3.63, 3.8) is 0 Å². The lowest BCUT2D eigenvalue weighted by atomic mass is 9.87. The number of benzene rings is 2. The molecular formula is C18H20N2O2. The summed E-state index contributed by atoms with van der Waals surface area (Å²) in [4.78, 5) is 12.6. The van der Waals surface area contributed by atoms with Crippen molar-refractivity contribution < 1.29 is 5.11 Å². The maximum absolute atomic E-state index is 12.6. The van der Waals surface area contributed by atoms with Crippen LogP contribution in [0.5, 0.6) is 5.75 Å². The third-order valence-electron chi connectivity index (χ3n) is 4.01. The standard InChI is InChI=1S/C18H20N2O2/c1-11-6-5-7-13-16(11)19-20(17(13)22)14-10-12(18(2,3)4)8-9-15(14)21/h5-10,19,21H,1-4H3. The van der Waals surface area contributed by atoms with Crippen molar-refractivity contribution in [1.82, 2.24) is 9.78 Å². The first-order valence-corrected chi connectivity index (χ1v) is 7.33. The van der Waals surface area contributed by atoms with Gasteiger partial charge in [0.25, 0.3) is 5.56 Å². The number of hydrogen-bond donors (Lipinski definition) is 2. The summed E-state index contributed by atoms with van der Waals surface area (Å²) in [6.45, 7) is 8.25. The van der Waals surface area contributed by atoms with Crippen LogP contribution in [0.3, 0.4) is 0 Å². The number of rotatable bonds is 1. The molecule has 0 amide bonds. The highest BCUT2D eigenvalue weighted by Gasteiger charge is 2.18. The fraction of sp³-hybridized carbons (Fsp3) is 0.278. The van der Waals surface area contributed by atoms with Crippen LogP contribution >= 0.6 is 0 Å². The second kappa shape index (κ2) is 4.77. The van der Waals surface area contributed by atoms with E-state index < -0.39 is 0 Å². The Morgan fingerprint density at radius 3 is 2.50 bits per heavy atom. The van der Waals surface area contributed by atoms with E-state index in [4.69, 9.17) is 0 Å². The summed E-state index contributed by atoms with van der Waals surface area (Å²) in [7, 11) is 0. The Hall–Kier alpha value is -2.49. The molecule has 0 saturated heterocycles. The molecule has 3 aromatic rings. The van der Waals surface area contributed by atoms with Crippen LogP contribution in [0.25, 0.3) is 16.6 Å². The van der Waals surface area contributed by atoms with Crippen molar-refractivity contribution in [2.24, 2.45) is 0 Å². The highest BCUT2D eigenvalue weighted by Crippen LogP contribution is 2.29. The van der Waals surface area contributed by atoms with Gasteiger partial charge in [0, 0.05) is 0 Å². The summed E-state index contributed by atoms with van der Waals surface area (Å²) >= 11 is 0. The molecule has 3 rings (SSSR count). The first-order chi connectivity index (χ1) is 10.3. The molecule has 4 nitrogen and oxygen atoms in total. The molecule has 0 radical (unpaired) electrons. The van der Waals surface area contributed by atoms with Crippen molar-refractivity contribution in [2.75, 3.05) is 0 Å². The first-order valence-electron chi connectivity index (χ1n) is 7.33. The van der Waals surface area contributed by atoms with Gasteiger partial charge in [-0.2, -0.15) is 0 Å². The molecule has 4 heteroatoms. The Morgan fingerprint density at radius 2 is 1.86 bits per heavy atom. The van der Waals surface area contributed by atoms with E-state index in [0.29, 0.717) is 11.1 Å². The third-order valence-corrected chi connectivity index (χ3v) is 4.01. The van der Waals surface area contributed by atoms with E-state index in [9.17, 15) is 9.90 Å². The smallest absolute Gasteiger partial charge is 0.279 e. The number of H-pyrrole nitrogens is 1. The van der Waals surface area contributed by atoms with Gasteiger partial charge in [0.15, 0.2) is 0 Å². The maximum atomic E-state index is 12.6. The molecule has 0 fully saturated rings. The normalized spacial score (nSPS) is 12.0. The predicted octanol–water partition coefficient (Wildman–Crippen LogP) is 3.63. The van der Waals surface area contributed by atoms with Crippen LogP contribution in [0, 0.1) is 6.92 Å². The van der Waals surface area contributed by atoms with Crippen LogP contribution in [0.15, 0.2) is 41.2 Å². The van der Waals surface area contributed by atoms with Gasteiger partial charge in [-0.15, -0.1) is 0 Å². The zero-order chi connectivity index (χ0) is 16.1. The number of fused-ring (bicyclic) bond motifs is 1. The zero-order valence-corrected chi connectivity index (χ0v) is 13.3. The predicted molar refractivity (Wildman–Crippen MR) is 89.0 cm³/mol. The van der Waals surface area contributed by atoms with Gasteiger partial charge in [-0.25, -0.2) is 4.68 Å². The molecule has 22 heavy (non-hydrogen) atoms. The van der Waals surface area contributed by atoms with Gasteiger partial charge in [0.2, 0.25) is 0 Å². The lowest BCUT2D eigenvalue weighted by molar-refractivity contribution is 0.468. The Bertz CT molecular complexity index is 911. The Labute approximate surface area is 129 Å². The number of phenols is 1. The van der Waals surface area contributed by atoms with E-state index in [1.807, 2.05) is 31.2 Å². The monoisotopic (exact) mass is 296 g/mol. The minimum absolute atomic E-state index is 0.0615. The molecule has 2 aromatic carbocycles. The summed E-state index contributed by atoms with van der Waals surface area (Å²) < 4.78 is 1.42. The molecule has 0 atom stereocenters. The van der Waals surface area contributed by atoms with Crippen molar-refractivity contribution in [1.29, 1.82) is 0 Å². The van der Waals surface area contributed by atoms with Crippen LogP contribution in [0.1, 0.15) is 31.9 Å². The Morgan fingerprint density at radius 1 is 1.14 bits per heavy atom. The van der Waals surface area contributed by atoms with Crippen LogP contribution in [-0.2, 0) is 5.41 Å². The molecule has 1 aromatic heterocycles. The lowest BCUT2D eigenvalue weighted by Gasteiger charge is -2.20. The summed E-state index contributed by atoms with van der Waals surface area (Å²) in [5.41, 5.74) is 3.12. The SMILES string of the molecule is Cc1cccc2c(=O)n(-c3cc(C(C)(C)C)ccc3O)[nH]c12. The highest BCUT2D eigenvalue weighted by atomic mass is 16.3. The van der Waals surface area contributed by atoms with Crippen molar-refractivity contribution >= 4 is 10.9 Å². The van der Waals surface area contributed by atoms with Gasteiger partial charge in [-0.1, -0.05) is 39.0 Å². The zero-order valence-electron chi connectivity index (χ0n) is 13.3. The van der Waals surface area contributed by atoms with E-state index in [1.165, 1.54) is 4.68 Å². The number of hydrogen-bond acceptors (Lipinski definition) is 2. The Kier molecular flexibility index (Phi) is 3.13. The maximum Gasteiger partial charge on any atom is 0.279 e. The number of aromatic hydroxyl groups is 1. The average molecular weight is 296 g/mol. The fourth-order valence-electron chi connectivity index (χ4n) is 2.62. The molecule has 0 aliphatic heterocycles. The molecule has 0 unspecified atom stereocenters. The number of aryl methyl sites for hydroxylation is 1. The second-order valence-corrected chi connectivity index (χ2v) is 6.70. The van der Waals surface area contributed by atoms with E-state index >= 15 is 0 Å². The number of para-hydroxylation sites is 1. The third kappa shape index (κ3) is 2.21. The molecule has 2 N–H and O–H groups in total. The van der Waals surface area contributed by atoms with Gasteiger partial charge in [0.05, 0.1) is 10.9 Å². The molecular weight excluding hydrogens is 276 g/mol. The molecule has 1 heterocycles.